The van der Waals surface area contributed by atoms with E-state index in [1.165, 1.54) is 21.9 Å². The lowest BCUT2D eigenvalue weighted by molar-refractivity contribution is 0.254. The maximum Gasteiger partial charge on any atom is 0.0606 e. The molecule has 1 atom stereocenters. The van der Waals surface area contributed by atoms with E-state index in [-0.39, 0.29) is 6.61 Å². The first-order valence-electron chi connectivity index (χ1n) is 9.19. The summed E-state index contributed by atoms with van der Waals surface area (Å²) in [5, 5.41) is 11.7. The molecule has 3 aromatic carbocycles. The van der Waals surface area contributed by atoms with Crippen molar-refractivity contribution in [2.75, 3.05) is 32.1 Å². The number of rotatable bonds is 7. The second-order valence-corrected chi connectivity index (χ2v) is 6.97. The number of fused-ring (bicyclic) bond motifs is 1. The summed E-state index contributed by atoms with van der Waals surface area (Å²) < 4.78 is 0. The van der Waals surface area contributed by atoms with E-state index in [4.69, 9.17) is 5.11 Å². The molecule has 0 aliphatic rings. The fourth-order valence-electron chi connectivity index (χ4n) is 3.41. The summed E-state index contributed by atoms with van der Waals surface area (Å²) in [5.41, 5.74) is 3.79. The molecule has 0 aromatic heterocycles. The van der Waals surface area contributed by atoms with Crippen LogP contribution in [0.3, 0.4) is 0 Å². The molecule has 3 heteroatoms. The minimum Gasteiger partial charge on any atom is -0.395 e. The van der Waals surface area contributed by atoms with Gasteiger partial charge in [0.05, 0.1) is 6.61 Å². The zero-order valence-corrected chi connectivity index (χ0v) is 15.9. The van der Waals surface area contributed by atoms with Crippen molar-refractivity contribution in [3.63, 3.8) is 0 Å². The van der Waals surface area contributed by atoms with Gasteiger partial charge in [-0.3, -0.25) is 4.90 Å². The molecule has 3 aromatic rings. The molecule has 26 heavy (non-hydrogen) atoms. The molecular formula is C23H28N2O. The zero-order valence-electron chi connectivity index (χ0n) is 15.9. The van der Waals surface area contributed by atoms with Crippen LogP contribution >= 0.6 is 0 Å². The van der Waals surface area contributed by atoms with E-state index in [0.29, 0.717) is 12.6 Å². The van der Waals surface area contributed by atoms with Crippen molar-refractivity contribution in [1.82, 2.24) is 4.90 Å². The molecule has 0 spiro atoms. The van der Waals surface area contributed by atoms with Crippen molar-refractivity contribution >= 4 is 16.5 Å². The summed E-state index contributed by atoms with van der Waals surface area (Å²) in [5.74, 6) is 0. The Kier molecular flexibility index (Phi) is 5.92. The maximum atomic E-state index is 9.07. The summed E-state index contributed by atoms with van der Waals surface area (Å²) in [6, 6.07) is 24.1. The lowest BCUT2D eigenvalue weighted by atomic mass is 9.98. The lowest BCUT2D eigenvalue weighted by Crippen LogP contribution is -2.23. The van der Waals surface area contributed by atoms with Crippen molar-refractivity contribution < 1.29 is 5.11 Å². The van der Waals surface area contributed by atoms with Crippen LogP contribution in [0, 0.1) is 0 Å². The Labute approximate surface area is 156 Å². The smallest absolute Gasteiger partial charge is 0.0606 e. The number of anilines is 1. The second-order valence-electron chi connectivity index (χ2n) is 6.97. The van der Waals surface area contributed by atoms with Gasteiger partial charge in [0.15, 0.2) is 0 Å². The number of hydrogen-bond acceptors (Lipinski definition) is 3. The number of aliphatic hydroxyl groups excluding tert-OH is 1. The molecule has 0 saturated heterocycles. The quantitative estimate of drug-likeness (QED) is 0.683. The Morgan fingerprint density at radius 3 is 2.31 bits per heavy atom. The molecule has 0 bridgehead atoms. The third kappa shape index (κ3) is 4.06. The van der Waals surface area contributed by atoms with Crippen molar-refractivity contribution in [2.45, 2.75) is 19.5 Å². The Hall–Kier alpha value is -2.36. The van der Waals surface area contributed by atoms with E-state index >= 15 is 0 Å². The topological polar surface area (TPSA) is 26.7 Å². The normalized spacial score (nSPS) is 12.5. The number of nitrogens with zero attached hydrogens (tertiary/aromatic N) is 2. The molecule has 0 amide bonds. The molecule has 0 unspecified atom stereocenters. The van der Waals surface area contributed by atoms with Crippen LogP contribution in [0.15, 0.2) is 66.7 Å². The van der Waals surface area contributed by atoms with Gasteiger partial charge in [-0.15, -0.1) is 0 Å². The average Bonchev–Trinajstić information content (AvgIpc) is 2.67. The molecular weight excluding hydrogens is 320 g/mol. The fraction of sp³-hybridized carbons (Fsp3) is 0.304. The number of hydrogen-bond donors (Lipinski definition) is 1. The van der Waals surface area contributed by atoms with Gasteiger partial charge in [-0.25, -0.2) is 0 Å². The molecule has 0 radical (unpaired) electrons. The number of benzene rings is 3. The molecule has 136 valence electrons. The zero-order chi connectivity index (χ0) is 18.5. The predicted molar refractivity (Wildman–Crippen MR) is 111 cm³/mol. The fourth-order valence-corrected chi connectivity index (χ4v) is 3.41. The summed E-state index contributed by atoms with van der Waals surface area (Å²) in [6.45, 7) is 3.99. The highest BCUT2D eigenvalue weighted by atomic mass is 16.3. The van der Waals surface area contributed by atoms with E-state index in [1.54, 1.807) is 0 Å². The van der Waals surface area contributed by atoms with E-state index < -0.39 is 0 Å². The van der Waals surface area contributed by atoms with Crippen molar-refractivity contribution in [1.29, 1.82) is 0 Å². The van der Waals surface area contributed by atoms with E-state index in [2.05, 4.69) is 90.5 Å². The van der Waals surface area contributed by atoms with Gasteiger partial charge in [0, 0.05) is 31.9 Å². The maximum absolute atomic E-state index is 9.07. The van der Waals surface area contributed by atoms with Crippen LogP contribution in [0.1, 0.15) is 24.1 Å². The van der Waals surface area contributed by atoms with E-state index in [1.807, 2.05) is 7.05 Å². The standard InChI is InChI=1S/C23H28N2O/c1-18(22-10-6-8-20-7-4-5-9-23(20)22)25(3)17-19-11-13-21(14-12-19)24(2)15-16-26/h4-14,18,26H,15-17H2,1-3H3/t18-/m1/s1. The number of aliphatic hydroxyl groups is 1. The van der Waals surface area contributed by atoms with Crippen molar-refractivity contribution in [3.8, 4) is 0 Å². The Bertz CT molecular complexity index is 839. The Morgan fingerprint density at radius 1 is 0.885 bits per heavy atom. The van der Waals surface area contributed by atoms with Gasteiger partial charge >= 0.3 is 0 Å². The van der Waals surface area contributed by atoms with E-state index in [9.17, 15) is 0 Å². The first kappa shape index (κ1) is 18.4. The van der Waals surface area contributed by atoms with Gasteiger partial charge in [0.1, 0.15) is 0 Å². The molecule has 0 saturated carbocycles. The van der Waals surface area contributed by atoms with Crippen LogP contribution in [0.4, 0.5) is 5.69 Å². The Morgan fingerprint density at radius 2 is 1.58 bits per heavy atom. The average molecular weight is 348 g/mol. The molecule has 0 aliphatic carbocycles. The third-order valence-electron chi connectivity index (χ3n) is 5.18. The van der Waals surface area contributed by atoms with Gasteiger partial charge in [-0.2, -0.15) is 0 Å². The second kappa shape index (κ2) is 8.35. The highest BCUT2D eigenvalue weighted by Crippen LogP contribution is 2.28. The minimum absolute atomic E-state index is 0.170. The van der Waals surface area contributed by atoms with Crippen LogP contribution in [-0.4, -0.2) is 37.3 Å². The molecule has 3 nitrogen and oxygen atoms in total. The van der Waals surface area contributed by atoms with Crippen LogP contribution < -0.4 is 4.90 Å². The first-order chi connectivity index (χ1) is 12.6. The summed E-state index contributed by atoms with van der Waals surface area (Å²) in [7, 11) is 4.18. The summed E-state index contributed by atoms with van der Waals surface area (Å²) in [4.78, 5) is 4.44. The van der Waals surface area contributed by atoms with Gasteiger partial charge in [-0.05, 0) is 48.0 Å². The van der Waals surface area contributed by atoms with Gasteiger partial charge in [0.25, 0.3) is 0 Å². The lowest BCUT2D eigenvalue weighted by Gasteiger charge is -2.26. The molecule has 0 heterocycles. The van der Waals surface area contributed by atoms with Crippen LogP contribution in [0.5, 0.6) is 0 Å². The predicted octanol–water partition coefficient (Wildman–Crippen LogP) is 4.46. The van der Waals surface area contributed by atoms with Crippen LogP contribution in [0.2, 0.25) is 0 Å². The van der Waals surface area contributed by atoms with Crippen molar-refractivity contribution in [3.05, 3.63) is 77.9 Å². The minimum atomic E-state index is 0.170. The highest BCUT2D eigenvalue weighted by Gasteiger charge is 2.14. The molecule has 0 fully saturated rings. The first-order valence-corrected chi connectivity index (χ1v) is 9.19. The van der Waals surface area contributed by atoms with Crippen molar-refractivity contribution in [2.24, 2.45) is 0 Å². The molecule has 0 aliphatic heterocycles. The molecule has 1 N–H and O–H groups in total. The van der Waals surface area contributed by atoms with Gasteiger partial charge < -0.3 is 10.0 Å². The third-order valence-corrected chi connectivity index (χ3v) is 5.18. The Balaban J connectivity index is 1.74. The van der Waals surface area contributed by atoms with Crippen LogP contribution in [-0.2, 0) is 6.54 Å². The highest BCUT2D eigenvalue weighted by molar-refractivity contribution is 5.86. The van der Waals surface area contributed by atoms with E-state index in [0.717, 1.165) is 12.2 Å². The van der Waals surface area contributed by atoms with Crippen LogP contribution in [0.25, 0.3) is 10.8 Å². The van der Waals surface area contributed by atoms with Gasteiger partial charge in [-0.1, -0.05) is 54.6 Å². The number of likely N-dealkylation sites (N-methyl/N-ethyl adjacent to an activating group) is 1. The monoisotopic (exact) mass is 348 g/mol. The SMILES string of the molecule is C[C@H](c1cccc2ccccc12)N(C)Cc1ccc(N(C)CCO)cc1. The van der Waals surface area contributed by atoms with Gasteiger partial charge in [0.2, 0.25) is 0 Å². The summed E-state index contributed by atoms with van der Waals surface area (Å²) >= 11 is 0. The largest absolute Gasteiger partial charge is 0.395 e. The summed E-state index contributed by atoms with van der Waals surface area (Å²) in [6.07, 6.45) is 0. The molecule has 3 rings (SSSR count).